The summed E-state index contributed by atoms with van der Waals surface area (Å²) in [5.41, 5.74) is -0.111. The minimum atomic E-state index is -0.111. The highest BCUT2D eigenvalue weighted by Gasteiger charge is 2.43. The Labute approximate surface area is 118 Å². The summed E-state index contributed by atoms with van der Waals surface area (Å²) in [5, 5.41) is 2.88. The Kier molecular flexibility index (Phi) is 4.05. The van der Waals surface area contributed by atoms with Crippen molar-refractivity contribution in [2.45, 2.75) is 18.5 Å². The summed E-state index contributed by atoms with van der Waals surface area (Å²) in [5.74, 6) is 0.772. The third-order valence-corrected chi connectivity index (χ3v) is 4.00. The largest absolute Gasteiger partial charge is 0.467 e. The maximum absolute atomic E-state index is 12.1. The molecule has 1 unspecified atom stereocenters. The molecule has 1 amide bonds. The van der Waals surface area contributed by atoms with Crippen LogP contribution < -0.4 is 5.32 Å². The Bertz CT molecular complexity index is 440. The van der Waals surface area contributed by atoms with Gasteiger partial charge in [0.2, 0.25) is 5.91 Å². The predicted octanol–water partition coefficient (Wildman–Crippen LogP) is 0.387. The molecule has 0 bridgehead atoms. The van der Waals surface area contributed by atoms with Crippen molar-refractivity contribution >= 4 is 5.91 Å². The van der Waals surface area contributed by atoms with Gasteiger partial charge in [-0.1, -0.05) is 0 Å². The van der Waals surface area contributed by atoms with Gasteiger partial charge in [0.1, 0.15) is 5.76 Å². The summed E-state index contributed by atoms with van der Waals surface area (Å²) in [4.78, 5) is 14.3. The summed E-state index contributed by atoms with van der Waals surface area (Å²) in [7, 11) is 0. The number of ether oxygens (including phenoxy) is 2. The van der Waals surface area contributed by atoms with Crippen molar-refractivity contribution in [1.29, 1.82) is 0 Å². The highest BCUT2D eigenvalue weighted by molar-refractivity contribution is 5.78. The van der Waals surface area contributed by atoms with E-state index in [9.17, 15) is 4.79 Å². The summed E-state index contributed by atoms with van der Waals surface area (Å²) >= 11 is 0. The van der Waals surface area contributed by atoms with Gasteiger partial charge in [0.15, 0.2) is 0 Å². The molecule has 1 N–H and O–H groups in total. The molecule has 1 atom stereocenters. The van der Waals surface area contributed by atoms with E-state index in [0.29, 0.717) is 32.9 Å². The number of furan rings is 1. The number of carbonyl (C=O) groups is 1. The molecule has 0 saturated carbocycles. The van der Waals surface area contributed by atoms with E-state index in [1.807, 2.05) is 12.1 Å². The Morgan fingerprint density at radius 2 is 2.20 bits per heavy atom. The molecule has 6 nitrogen and oxygen atoms in total. The monoisotopic (exact) mass is 280 g/mol. The molecule has 20 heavy (non-hydrogen) atoms. The van der Waals surface area contributed by atoms with Crippen molar-refractivity contribution < 1.29 is 18.7 Å². The standard InChI is InChI=1S/C14H20N2O4/c17-13(15-8-12-2-1-5-20-12)9-16-4-7-19-11-14(16)3-6-18-10-14/h1-2,5H,3-4,6-11H2,(H,15,17). The summed E-state index contributed by atoms with van der Waals surface area (Å²) in [6.07, 6.45) is 2.53. The molecule has 0 aliphatic carbocycles. The van der Waals surface area contributed by atoms with Gasteiger partial charge in [-0.15, -0.1) is 0 Å². The molecule has 1 aromatic heterocycles. The molecule has 0 aromatic carbocycles. The zero-order valence-corrected chi connectivity index (χ0v) is 11.5. The van der Waals surface area contributed by atoms with Gasteiger partial charge in [-0.25, -0.2) is 0 Å². The smallest absolute Gasteiger partial charge is 0.234 e. The molecule has 2 aliphatic rings. The number of rotatable bonds is 4. The maximum Gasteiger partial charge on any atom is 0.234 e. The first-order chi connectivity index (χ1) is 9.78. The lowest BCUT2D eigenvalue weighted by Gasteiger charge is -2.43. The van der Waals surface area contributed by atoms with Crippen molar-refractivity contribution in [2.75, 3.05) is 39.5 Å². The minimum absolute atomic E-state index is 0.00887. The lowest BCUT2D eigenvalue weighted by molar-refractivity contribution is -0.129. The number of hydrogen-bond acceptors (Lipinski definition) is 5. The molecule has 6 heteroatoms. The molecule has 2 fully saturated rings. The van der Waals surface area contributed by atoms with Crippen LogP contribution in [0.3, 0.4) is 0 Å². The minimum Gasteiger partial charge on any atom is -0.467 e. The van der Waals surface area contributed by atoms with Crippen LogP contribution >= 0.6 is 0 Å². The molecule has 2 aliphatic heterocycles. The molecular formula is C14H20N2O4. The van der Waals surface area contributed by atoms with Crippen LogP contribution in [-0.2, 0) is 20.8 Å². The quantitative estimate of drug-likeness (QED) is 0.864. The molecule has 1 aromatic rings. The number of morpholine rings is 1. The van der Waals surface area contributed by atoms with Crippen LogP contribution in [0.5, 0.6) is 0 Å². The number of hydrogen-bond donors (Lipinski definition) is 1. The van der Waals surface area contributed by atoms with Gasteiger partial charge in [-0.05, 0) is 18.6 Å². The first-order valence-electron chi connectivity index (χ1n) is 6.98. The van der Waals surface area contributed by atoms with Crippen LogP contribution in [0.15, 0.2) is 22.8 Å². The van der Waals surface area contributed by atoms with Crippen molar-refractivity contribution in [2.24, 2.45) is 0 Å². The second kappa shape index (κ2) is 5.95. The van der Waals surface area contributed by atoms with E-state index in [4.69, 9.17) is 13.9 Å². The summed E-state index contributed by atoms with van der Waals surface area (Å²) in [6.45, 7) is 4.31. The molecule has 1 spiro atoms. The number of amides is 1. The lowest BCUT2D eigenvalue weighted by atomic mass is 9.96. The van der Waals surface area contributed by atoms with Gasteiger partial charge in [0.05, 0.1) is 44.7 Å². The van der Waals surface area contributed by atoms with Gasteiger partial charge < -0.3 is 19.2 Å². The van der Waals surface area contributed by atoms with E-state index in [2.05, 4.69) is 10.2 Å². The topological polar surface area (TPSA) is 63.9 Å². The van der Waals surface area contributed by atoms with Gasteiger partial charge in [0.25, 0.3) is 0 Å². The van der Waals surface area contributed by atoms with Gasteiger partial charge >= 0.3 is 0 Å². The average Bonchev–Trinajstić information content (AvgIpc) is 3.12. The second-order valence-corrected chi connectivity index (χ2v) is 5.36. The molecular weight excluding hydrogens is 260 g/mol. The highest BCUT2D eigenvalue weighted by Crippen LogP contribution is 2.28. The fourth-order valence-corrected chi connectivity index (χ4v) is 2.80. The van der Waals surface area contributed by atoms with E-state index >= 15 is 0 Å². The number of nitrogens with zero attached hydrogens (tertiary/aromatic N) is 1. The zero-order chi connectivity index (χ0) is 13.8. The van der Waals surface area contributed by atoms with Crippen molar-refractivity contribution in [3.8, 4) is 0 Å². The van der Waals surface area contributed by atoms with Crippen molar-refractivity contribution in [3.63, 3.8) is 0 Å². The fourth-order valence-electron chi connectivity index (χ4n) is 2.80. The fraction of sp³-hybridized carbons (Fsp3) is 0.643. The Morgan fingerprint density at radius 3 is 2.95 bits per heavy atom. The first kappa shape index (κ1) is 13.6. The molecule has 0 radical (unpaired) electrons. The summed E-state index contributed by atoms with van der Waals surface area (Å²) in [6, 6.07) is 3.66. The van der Waals surface area contributed by atoms with Crippen LogP contribution in [0.2, 0.25) is 0 Å². The molecule has 110 valence electrons. The average molecular weight is 280 g/mol. The predicted molar refractivity (Wildman–Crippen MR) is 71.1 cm³/mol. The Morgan fingerprint density at radius 1 is 1.35 bits per heavy atom. The van der Waals surface area contributed by atoms with Crippen molar-refractivity contribution in [1.82, 2.24) is 10.2 Å². The highest BCUT2D eigenvalue weighted by atomic mass is 16.5. The Balaban J connectivity index is 1.54. The van der Waals surface area contributed by atoms with Crippen LogP contribution in [0.25, 0.3) is 0 Å². The van der Waals surface area contributed by atoms with E-state index in [-0.39, 0.29) is 11.4 Å². The van der Waals surface area contributed by atoms with E-state index in [1.165, 1.54) is 0 Å². The SMILES string of the molecule is O=C(CN1CCOCC12CCOC2)NCc1ccco1. The van der Waals surface area contributed by atoms with E-state index in [1.54, 1.807) is 6.26 Å². The number of nitrogens with one attached hydrogen (secondary N) is 1. The van der Waals surface area contributed by atoms with Gasteiger partial charge in [-0.3, -0.25) is 9.69 Å². The molecule has 2 saturated heterocycles. The third kappa shape index (κ3) is 2.87. The molecule has 3 heterocycles. The second-order valence-electron chi connectivity index (χ2n) is 5.36. The van der Waals surface area contributed by atoms with Gasteiger partial charge in [-0.2, -0.15) is 0 Å². The van der Waals surface area contributed by atoms with E-state index in [0.717, 1.165) is 25.3 Å². The van der Waals surface area contributed by atoms with Crippen LogP contribution in [-0.4, -0.2) is 55.9 Å². The zero-order valence-electron chi connectivity index (χ0n) is 11.5. The lowest BCUT2D eigenvalue weighted by Crippen LogP contribution is -2.59. The van der Waals surface area contributed by atoms with E-state index < -0.39 is 0 Å². The first-order valence-corrected chi connectivity index (χ1v) is 6.98. The van der Waals surface area contributed by atoms with Crippen LogP contribution in [0.4, 0.5) is 0 Å². The maximum atomic E-state index is 12.1. The molecule has 3 rings (SSSR count). The number of carbonyl (C=O) groups excluding carboxylic acids is 1. The van der Waals surface area contributed by atoms with Crippen molar-refractivity contribution in [3.05, 3.63) is 24.2 Å². The third-order valence-electron chi connectivity index (χ3n) is 4.00. The Hall–Kier alpha value is -1.37. The normalized spacial score (nSPS) is 27.0. The van der Waals surface area contributed by atoms with Crippen LogP contribution in [0, 0.1) is 0 Å². The van der Waals surface area contributed by atoms with Crippen LogP contribution in [0.1, 0.15) is 12.2 Å². The van der Waals surface area contributed by atoms with Gasteiger partial charge in [0, 0.05) is 13.2 Å². The summed E-state index contributed by atoms with van der Waals surface area (Å²) < 4.78 is 16.3.